The second kappa shape index (κ2) is 9.69. The summed E-state index contributed by atoms with van der Waals surface area (Å²) in [6.07, 6.45) is 0.969. The number of rotatable bonds is 8. The van der Waals surface area contributed by atoms with Crippen LogP contribution in [0.1, 0.15) is 42.9 Å². The Balaban J connectivity index is 1.64. The molecular weight excluding hydrogens is 382 g/mol. The highest BCUT2D eigenvalue weighted by atomic mass is 32.2. The molecular formula is C22H27N5OS. The van der Waals surface area contributed by atoms with Crippen LogP contribution in [0.5, 0.6) is 0 Å². The summed E-state index contributed by atoms with van der Waals surface area (Å²) in [5.74, 6) is 0.289. The zero-order chi connectivity index (χ0) is 20.8. The molecule has 1 heterocycles. The largest absolute Gasteiger partial charge is 0.355 e. The highest BCUT2D eigenvalue weighted by Crippen LogP contribution is 2.25. The van der Waals surface area contributed by atoms with Gasteiger partial charge in [-0.2, -0.15) is 4.68 Å². The van der Waals surface area contributed by atoms with Gasteiger partial charge in [0.15, 0.2) is 0 Å². The molecule has 29 heavy (non-hydrogen) atoms. The van der Waals surface area contributed by atoms with Gasteiger partial charge in [-0.25, -0.2) is 0 Å². The lowest BCUT2D eigenvalue weighted by atomic mass is 9.96. The number of nitrogens with one attached hydrogen (secondary N) is 1. The van der Waals surface area contributed by atoms with Crippen molar-refractivity contribution < 1.29 is 4.79 Å². The van der Waals surface area contributed by atoms with E-state index in [4.69, 9.17) is 0 Å². The number of nitrogens with zero attached hydrogens (tertiary/aromatic N) is 4. The Kier molecular flexibility index (Phi) is 7.04. The lowest BCUT2D eigenvalue weighted by molar-refractivity contribution is -0.120. The van der Waals surface area contributed by atoms with Gasteiger partial charge in [-0.05, 0) is 54.8 Å². The van der Waals surface area contributed by atoms with Gasteiger partial charge in [-0.3, -0.25) is 4.79 Å². The Morgan fingerprint density at radius 3 is 2.62 bits per heavy atom. The third-order valence-electron chi connectivity index (χ3n) is 4.96. The lowest BCUT2D eigenvalue weighted by Crippen LogP contribution is -2.34. The third-order valence-corrected chi connectivity index (χ3v) is 5.99. The quantitative estimate of drug-likeness (QED) is 0.568. The van der Waals surface area contributed by atoms with Crippen molar-refractivity contribution in [1.29, 1.82) is 0 Å². The number of benzene rings is 2. The Morgan fingerprint density at radius 2 is 1.93 bits per heavy atom. The first-order chi connectivity index (χ1) is 14.0. The van der Waals surface area contributed by atoms with E-state index in [2.05, 4.69) is 52.9 Å². The Morgan fingerprint density at radius 1 is 1.17 bits per heavy atom. The van der Waals surface area contributed by atoms with E-state index in [1.165, 1.54) is 22.9 Å². The van der Waals surface area contributed by atoms with Crippen LogP contribution >= 0.6 is 11.8 Å². The summed E-state index contributed by atoms with van der Waals surface area (Å²) in [4.78, 5) is 12.7. The number of carbonyl (C=O) groups excluding carboxylic acids is 1. The number of aromatic nitrogens is 4. The van der Waals surface area contributed by atoms with E-state index in [1.54, 1.807) is 4.68 Å². The topological polar surface area (TPSA) is 72.7 Å². The van der Waals surface area contributed by atoms with E-state index in [0.29, 0.717) is 17.6 Å². The molecule has 2 atom stereocenters. The molecule has 0 fully saturated rings. The molecule has 6 nitrogen and oxygen atoms in total. The summed E-state index contributed by atoms with van der Waals surface area (Å²) < 4.78 is 1.70. The first-order valence-corrected chi connectivity index (χ1v) is 10.7. The molecule has 1 aromatic heterocycles. The average molecular weight is 410 g/mol. The highest BCUT2D eigenvalue weighted by Gasteiger charge is 2.21. The first-order valence-electron chi connectivity index (χ1n) is 9.85. The van der Waals surface area contributed by atoms with Gasteiger partial charge in [0.1, 0.15) is 0 Å². The Labute approximate surface area is 176 Å². The Bertz CT molecular complexity index is 957. The van der Waals surface area contributed by atoms with Crippen LogP contribution in [0.4, 0.5) is 0 Å². The van der Waals surface area contributed by atoms with Gasteiger partial charge in [0.2, 0.25) is 11.1 Å². The smallest absolute Gasteiger partial charge is 0.233 e. The van der Waals surface area contributed by atoms with Crippen molar-refractivity contribution in [3.8, 4) is 5.69 Å². The van der Waals surface area contributed by atoms with E-state index in [0.717, 1.165) is 17.7 Å². The predicted octanol–water partition coefficient (Wildman–Crippen LogP) is 4.07. The summed E-state index contributed by atoms with van der Waals surface area (Å²) in [6.45, 7) is 8.72. The number of tetrazole rings is 1. The van der Waals surface area contributed by atoms with Crippen LogP contribution in [0.2, 0.25) is 0 Å². The van der Waals surface area contributed by atoms with Crippen molar-refractivity contribution in [2.24, 2.45) is 0 Å². The molecule has 0 unspecified atom stereocenters. The summed E-state index contributed by atoms with van der Waals surface area (Å²) in [7, 11) is 0. The molecule has 3 rings (SSSR count). The number of hydrogen-bond acceptors (Lipinski definition) is 5. The van der Waals surface area contributed by atoms with Crippen LogP contribution in [0.3, 0.4) is 0 Å². The zero-order valence-corrected chi connectivity index (χ0v) is 18.1. The molecule has 0 bridgehead atoms. The molecule has 1 N–H and O–H groups in total. The predicted molar refractivity (Wildman–Crippen MR) is 116 cm³/mol. The molecule has 2 aromatic carbocycles. The van der Waals surface area contributed by atoms with Gasteiger partial charge in [-0.15, -0.1) is 5.10 Å². The van der Waals surface area contributed by atoms with Crippen LogP contribution in [-0.4, -0.2) is 37.9 Å². The number of hydrogen-bond donors (Lipinski definition) is 1. The fraction of sp³-hybridized carbons (Fsp3) is 0.364. The highest BCUT2D eigenvalue weighted by molar-refractivity contribution is 8.00. The summed E-state index contributed by atoms with van der Waals surface area (Å²) in [6, 6.07) is 16.4. The van der Waals surface area contributed by atoms with Gasteiger partial charge in [-0.1, -0.05) is 66.7 Å². The van der Waals surface area contributed by atoms with Gasteiger partial charge in [0, 0.05) is 12.5 Å². The standard InChI is InChI=1S/C22H27N5OS/c1-5-18(19-9-7-6-8-10-19)14-23-21(28)17(4)29-22-24-25-26-27(22)20-12-11-15(2)13-16(20)3/h6-13,17-18H,5,14H2,1-4H3,(H,23,28)/t17-,18-/m1/s1. The first kappa shape index (κ1) is 21.0. The summed E-state index contributed by atoms with van der Waals surface area (Å²) in [5, 5.41) is 15.4. The maximum atomic E-state index is 12.7. The molecule has 0 spiro atoms. The van der Waals surface area contributed by atoms with E-state index in [9.17, 15) is 4.79 Å². The van der Waals surface area contributed by atoms with E-state index in [-0.39, 0.29) is 11.2 Å². The zero-order valence-electron chi connectivity index (χ0n) is 17.3. The molecule has 0 saturated carbocycles. The van der Waals surface area contributed by atoms with Crippen molar-refractivity contribution in [3.63, 3.8) is 0 Å². The van der Waals surface area contributed by atoms with E-state index < -0.39 is 0 Å². The number of carbonyl (C=O) groups is 1. The minimum atomic E-state index is -0.307. The van der Waals surface area contributed by atoms with Gasteiger partial charge < -0.3 is 5.32 Å². The minimum Gasteiger partial charge on any atom is -0.355 e. The van der Waals surface area contributed by atoms with Crippen LogP contribution in [0.25, 0.3) is 5.69 Å². The monoisotopic (exact) mass is 409 g/mol. The molecule has 0 aliphatic heterocycles. The van der Waals surface area contributed by atoms with Crippen LogP contribution < -0.4 is 5.32 Å². The van der Waals surface area contributed by atoms with Crippen molar-refractivity contribution in [2.75, 3.05) is 6.54 Å². The average Bonchev–Trinajstić information content (AvgIpc) is 3.16. The number of thioether (sulfide) groups is 1. The molecule has 0 aliphatic rings. The Hall–Kier alpha value is -2.67. The third kappa shape index (κ3) is 5.23. The van der Waals surface area contributed by atoms with Gasteiger partial charge in [0.25, 0.3) is 0 Å². The molecule has 0 aliphatic carbocycles. The maximum absolute atomic E-state index is 12.7. The van der Waals surface area contributed by atoms with Crippen molar-refractivity contribution in [3.05, 3.63) is 65.2 Å². The molecule has 0 saturated heterocycles. The van der Waals surface area contributed by atoms with Gasteiger partial charge in [0.05, 0.1) is 10.9 Å². The molecule has 0 radical (unpaired) electrons. The molecule has 1 amide bonds. The molecule has 7 heteroatoms. The van der Waals surface area contributed by atoms with Crippen molar-refractivity contribution in [1.82, 2.24) is 25.5 Å². The number of aryl methyl sites for hydroxylation is 2. The molecule has 152 valence electrons. The normalized spacial score (nSPS) is 13.1. The van der Waals surface area contributed by atoms with Crippen molar-refractivity contribution in [2.45, 2.75) is 50.4 Å². The van der Waals surface area contributed by atoms with E-state index >= 15 is 0 Å². The van der Waals surface area contributed by atoms with Gasteiger partial charge >= 0.3 is 0 Å². The van der Waals surface area contributed by atoms with E-state index in [1.807, 2.05) is 44.2 Å². The fourth-order valence-electron chi connectivity index (χ4n) is 3.25. The fourth-order valence-corrected chi connectivity index (χ4v) is 4.07. The minimum absolute atomic E-state index is 0.0143. The van der Waals surface area contributed by atoms with Crippen LogP contribution in [0, 0.1) is 13.8 Å². The lowest BCUT2D eigenvalue weighted by Gasteiger charge is -2.18. The van der Waals surface area contributed by atoms with Crippen molar-refractivity contribution >= 4 is 17.7 Å². The SMILES string of the molecule is CC[C@H](CNC(=O)[C@@H](C)Sc1nnnn1-c1ccc(C)cc1C)c1ccccc1. The number of amides is 1. The molecule has 3 aromatic rings. The summed E-state index contributed by atoms with van der Waals surface area (Å²) >= 11 is 1.36. The second-order valence-electron chi connectivity index (χ2n) is 7.18. The maximum Gasteiger partial charge on any atom is 0.233 e. The van der Waals surface area contributed by atoms with Crippen LogP contribution in [-0.2, 0) is 4.79 Å². The second-order valence-corrected chi connectivity index (χ2v) is 8.49. The van der Waals surface area contributed by atoms with Crippen LogP contribution in [0.15, 0.2) is 53.7 Å². The summed E-state index contributed by atoms with van der Waals surface area (Å²) in [5.41, 5.74) is 4.44.